The molecule has 2 aromatic rings. The number of likely N-dealkylation sites (tertiary alicyclic amines) is 1. The number of nitrogens with one attached hydrogen (secondary N) is 2. The van der Waals surface area contributed by atoms with Crippen molar-refractivity contribution in [3.8, 4) is 0 Å². The first-order chi connectivity index (χ1) is 14.8. The van der Waals surface area contributed by atoms with Gasteiger partial charge in [0.05, 0.1) is 6.04 Å². The van der Waals surface area contributed by atoms with Gasteiger partial charge in [-0.05, 0) is 39.7 Å². The number of aromatic nitrogens is 2. The summed E-state index contributed by atoms with van der Waals surface area (Å²) in [4.78, 5) is 23.6. The zero-order valence-corrected chi connectivity index (χ0v) is 19.0. The SMILES string of the molecule is CCNC(=NCc1nccn1Cc1ccccc1)N1CCC(NC(=O)OC(C)(C)C)C1. The van der Waals surface area contributed by atoms with E-state index in [0.717, 1.165) is 37.8 Å². The van der Waals surface area contributed by atoms with Crippen LogP contribution in [0, 0.1) is 0 Å². The molecule has 1 aromatic carbocycles. The number of guanidine groups is 1. The number of hydrogen-bond acceptors (Lipinski definition) is 4. The molecule has 1 aliphatic rings. The van der Waals surface area contributed by atoms with E-state index < -0.39 is 5.60 Å². The van der Waals surface area contributed by atoms with E-state index >= 15 is 0 Å². The highest BCUT2D eigenvalue weighted by molar-refractivity contribution is 5.80. The maximum Gasteiger partial charge on any atom is 0.407 e. The molecule has 0 radical (unpaired) electrons. The van der Waals surface area contributed by atoms with Crippen LogP contribution in [-0.2, 0) is 17.8 Å². The highest BCUT2D eigenvalue weighted by atomic mass is 16.6. The fourth-order valence-corrected chi connectivity index (χ4v) is 3.53. The van der Waals surface area contributed by atoms with Crippen molar-refractivity contribution >= 4 is 12.1 Å². The van der Waals surface area contributed by atoms with Gasteiger partial charge in [-0.1, -0.05) is 30.3 Å². The smallest absolute Gasteiger partial charge is 0.407 e. The molecule has 2 heterocycles. The van der Waals surface area contributed by atoms with Crippen LogP contribution in [0.4, 0.5) is 4.79 Å². The Morgan fingerprint density at radius 1 is 1.29 bits per heavy atom. The average Bonchev–Trinajstić information content (AvgIpc) is 3.34. The number of rotatable bonds is 6. The van der Waals surface area contributed by atoms with Crippen molar-refractivity contribution in [1.82, 2.24) is 25.1 Å². The number of imidazole rings is 1. The Morgan fingerprint density at radius 2 is 2.06 bits per heavy atom. The van der Waals surface area contributed by atoms with Gasteiger partial charge >= 0.3 is 6.09 Å². The first kappa shape index (κ1) is 22.7. The van der Waals surface area contributed by atoms with Gasteiger partial charge in [-0.3, -0.25) is 0 Å². The molecule has 3 rings (SSSR count). The monoisotopic (exact) mass is 426 g/mol. The summed E-state index contributed by atoms with van der Waals surface area (Å²) in [5, 5.41) is 6.33. The summed E-state index contributed by atoms with van der Waals surface area (Å²) in [6.07, 6.45) is 4.29. The zero-order valence-electron chi connectivity index (χ0n) is 19.0. The summed E-state index contributed by atoms with van der Waals surface area (Å²) in [5.74, 6) is 1.76. The first-order valence-corrected chi connectivity index (χ1v) is 10.9. The second kappa shape index (κ2) is 10.3. The Morgan fingerprint density at radius 3 is 2.77 bits per heavy atom. The molecule has 1 aromatic heterocycles. The third-order valence-electron chi connectivity index (χ3n) is 4.91. The third-order valence-corrected chi connectivity index (χ3v) is 4.91. The number of carbonyl (C=O) groups is 1. The largest absolute Gasteiger partial charge is 0.444 e. The maximum atomic E-state index is 12.1. The van der Waals surface area contributed by atoms with Crippen molar-refractivity contribution in [1.29, 1.82) is 0 Å². The van der Waals surface area contributed by atoms with E-state index in [1.807, 2.05) is 51.4 Å². The van der Waals surface area contributed by atoms with Crippen LogP contribution in [-0.4, -0.2) is 57.8 Å². The average molecular weight is 427 g/mol. The highest BCUT2D eigenvalue weighted by Gasteiger charge is 2.27. The molecule has 1 saturated heterocycles. The third kappa shape index (κ3) is 7.01. The molecule has 1 atom stereocenters. The summed E-state index contributed by atoms with van der Waals surface area (Å²) in [6, 6.07) is 10.4. The highest BCUT2D eigenvalue weighted by Crippen LogP contribution is 2.13. The van der Waals surface area contributed by atoms with Gasteiger partial charge in [0.2, 0.25) is 0 Å². The van der Waals surface area contributed by atoms with E-state index in [4.69, 9.17) is 9.73 Å². The second-order valence-electron chi connectivity index (χ2n) is 8.70. The van der Waals surface area contributed by atoms with Crippen LogP contribution in [0.1, 0.15) is 45.5 Å². The molecule has 168 valence electrons. The van der Waals surface area contributed by atoms with Crippen LogP contribution in [0.3, 0.4) is 0 Å². The van der Waals surface area contributed by atoms with Crippen LogP contribution in [0.15, 0.2) is 47.7 Å². The van der Waals surface area contributed by atoms with E-state index in [0.29, 0.717) is 13.1 Å². The van der Waals surface area contributed by atoms with E-state index in [1.165, 1.54) is 5.56 Å². The number of ether oxygens (including phenoxy) is 1. The topological polar surface area (TPSA) is 83.8 Å². The number of aliphatic imine (C=N–C) groups is 1. The van der Waals surface area contributed by atoms with Gasteiger partial charge in [-0.2, -0.15) is 0 Å². The quantitative estimate of drug-likeness (QED) is 0.548. The normalized spacial score (nSPS) is 17.0. The molecule has 8 nitrogen and oxygen atoms in total. The Kier molecular flexibility index (Phi) is 7.55. The minimum absolute atomic E-state index is 0.0405. The lowest BCUT2D eigenvalue weighted by Gasteiger charge is -2.23. The molecule has 0 aliphatic carbocycles. The van der Waals surface area contributed by atoms with E-state index in [9.17, 15) is 4.79 Å². The molecular weight excluding hydrogens is 392 g/mol. The Balaban J connectivity index is 1.60. The van der Waals surface area contributed by atoms with Crippen LogP contribution < -0.4 is 10.6 Å². The molecule has 8 heteroatoms. The van der Waals surface area contributed by atoms with E-state index in [1.54, 1.807) is 0 Å². The van der Waals surface area contributed by atoms with Gasteiger partial charge in [0.1, 0.15) is 18.0 Å². The van der Waals surface area contributed by atoms with Crippen molar-refractivity contribution in [2.24, 2.45) is 4.99 Å². The van der Waals surface area contributed by atoms with E-state index in [2.05, 4.69) is 44.1 Å². The molecule has 0 bridgehead atoms. The maximum absolute atomic E-state index is 12.1. The number of benzene rings is 1. The van der Waals surface area contributed by atoms with Gasteiger partial charge in [0.25, 0.3) is 0 Å². The summed E-state index contributed by atoms with van der Waals surface area (Å²) < 4.78 is 7.50. The van der Waals surface area contributed by atoms with E-state index in [-0.39, 0.29) is 12.1 Å². The summed E-state index contributed by atoms with van der Waals surface area (Å²) in [7, 11) is 0. The van der Waals surface area contributed by atoms with Gasteiger partial charge < -0.3 is 24.8 Å². The molecule has 1 amide bonds. The van der Waals surface area contributed by atoms with Gasteiger partial charge in [-0.15, -0.1) is 0 Å². The first-order valence-electron chi connectivity index (χ1n) is 10.9. The van der Waals surface area contributed by atoms with Crippen molar-refractivity contribution in [3.63, 3.8) is 0 Å². The number of carbonyl (C=O) groups excluding carboxylic acids is 1. The lowest BCUT2D eigenvalue weighted by molar-refractivity contribution is 0.0507. The number of amides is 1. The number of hydrogen-bond donors (Lipinski definition) is 2. The fourth-order valence-electron chi connectivity index (χ4n) is 3.53. The Hall–Kier alpha value is -3.03. The summed E-state index contributed by atoms with van der Waals surface area (Å²) >= 11 is 0. The van der Waals surface area contributed by atoms with Crippen LogP contribution in [0.5, 0.6) is 0 Å². The van der Waals surface area contributed by atoms with Crippen molar-refractivity contribution in [2.45, 2.75) is 58.8 Å². The second-order valence-corrected chi connectivity index (χ2v) is 8.70. The minimum atomic E-state index is -0.500. The van der Waals surface area contributed by atoms with Crippen molar-refractivity contribution in [3.05, 3.63) is 54.1 Å². The molecule has 1 fully saturated rings. The van der Waals surface area contributed by atoms with Crippen molar-refractivity contribution < 1.29 is 9.53 Å². The van der Waals surface area contributed by atoms with Gasteiger partial charge in [-0.25, -0.2) is 14.8 Å². The zero-order chi connectivity index (χ0) is 22.3. The van der Waals surface area contributed by atoms with Crippen LogP contribution in [0.2, 0.25) is 0 Å². The number of alkyl carbamates (subject to hydrolysis) is 1. The fraction of sp³-hybridized carbons (Fsp3) is 0.522. The molecular formula is C23H34N6O2. The molecule has 0 spiro atoms. The Bertz CT molecular complexity index is 872. The summed E-state index contributed by atoms with van der Waals surface area (Å²) in [5.41, 5.74) is 0.730. The summed E-state index contributed by atoms with van der Waals surface area (Å²) in [6.45, 7) is 11.2. The number of nitrogens with zero attached hydrogens (tertiary/aromatic N) is 4. The van der Waals surface area contributed by atoms with Gasteiger partial charge in [0, 0.05) is 38.6 Å². The van der Waals surface area contributed by atoms with Crippen LogP contribution >= 0.6 is 0 Å². The van der Waals surface area contributed by atoms with Crippen molar-refractivity contribution in [2.75, 3.05) is 19.6 Å². The Labute approximate surface area is 184 Å². The minimum Gasteiger partial charge on any atom is -0.444 e. The molecule has 2 N–H and O–H groups in total. The standard InChI is InChI=1S/C23H34N6O2/c1-5-24-21(29-13-11-19(17-29)27-22(30)31-23(2,3)4)26-15-20-25-12-14-28(20)16-18-9-7-6-8-10-18/h6-10,12,14,19H,5,11,13,15-17H2,1-4H3,(H,24,26)(H,27,30). The predicted octanol–water partition coefficient (Wildman–Crippen LogP) is 3.00. The lowest BCUT2D eigenvalue weighted by atomic mass is 10.2. The molecule has 1 aliphatic heterocycles. The van der Waals surface area contributed by atoms with Gasteiger partial charge in [0.15, 0.2) is 5.96 Å². The van der Waals surface area contributed by atoms with Crippen LogP contribution in [0.25, 0.3) is 0 Å². The molecule has 31 heavy (non-hydrogen) atoms. The lowest BCUT2D eigenvalue weighted by Crippen LogP contribution is -2.44. The predicted molar refractivity (Wildman–Crippen MR) is 122 cm³/mol. The molecule has 0 saturated carbocycles. The molecule has 1 unspecified atom stereocenters.